The molecule has 0 aliphatic rings. The molecule has 4 nitrogen and oxygen atoms in total. The second-order valence-electron chi connectivity index (χ2n) is 2.93. The van der Waals surface area contributed by atoms with Crippen LogP contribution in [0.15, 0.2) is 23.1 Å². The second kappa shape index (κ2) is 5.63. The highest BCUT2D eigenvalue weighted by molar-refractivity contribution is 7.99. The molecule has 1 aromatic carbocycles. The van der Waals surface area contributed by atoms with Gasteiger partial charge in [0.2, 0.25) is 5.91 Å². The van der Waals surface area contributed by atoms with Gasteiger partial charge in [-0.25, -0.2) is 0 Å². The summed E-state index contributed by atoms with van der Waals surface area (Å²) in [5, 5.41) is 0. The Labute approximate surface area is 93.0 Å². The minimum atomic E-state index is -0.456. The molecule has 4 N–H and O–H groups in total. The van der Waals surface area contributed by atoms with Crippen LogP contribution in [0.3, 0.4) is 0 Å². The molecular weight excluding hydrogens is 212 g/mol. The van der Waals surface area contributed by atoms with Crippen LogP contribution in [-0.2, 0) is 4.74 Å². The summed E-state index contributed by atoms with van der Waals surface area (Å²) >= 11 is 1.48. The Morgan fingerprint density at radius 3 is 2.87 bits per heavy atom. The molecule has 0 fully saturated rings. The molecule has 0 saturated heterocycles. The van der Waals surface area contributed by atoms with E-state index in [2.05, 4.69) is 0 Å². The van der Waals surface area contributed by atoms with E-state index in [0.29, 0.717) is 17.9 Å². The number of nitrogen functional groups attached to an aromatic ring is 1. The Kier molecular flexibility index (Phi) is 4.45. The van der Waals surface area contributed by atoms with Gasteiger partial charge in [-0.1, -0.05) is 6.07 Å². The van der Waals surface area contributed by atoms with Gasteiger partial charge in [-0.15, -0.1) is 11.8 Å². The van der Waals surface area contributed by atoms with E-state index in [1.54, 1.807) is 25.3 Å². The normalized spacial score (nSPS) is 10.2. The minimum Gasteiger partial charge on any atom is -0.398 e. The van der Waals surface area contributed by atoms with Crippen LogP contribution in [0.25, 0.3) is 0 Å². The molecule has 0 atom stereocenters. The van der Waals surface area contributed by atoms with Crippen molar-refractivity contribution in [1.82, 2.24) is 0 Å². The van der Waals surface area contributed by atoms with Crippen LogP contribution >= 0.6 is 11.8 Å². The number of hydrogen-bond donors (Lipinski definition) is 2. The molecule has 0 spiro atoms. The van der Waals surface area contributed by atoms with Crippen LogP contribution < -0.4 is 11.5 Å². The van der Waals surface area contributed by atoms with Gasteiger partial charge >= 0.3 is 0 Å². The fraction of sp³-hybridized carbons (Fsp3) is 0.300. The average Bonchev–Trinajstić information content (AvgIpc) is 2.20. The van der Waals surface area contributed by atoms with E-state index in [0.717, 1.165) is 10.6 Å². The van der Waals surface area contributed by atoms with E-state index < -0.39 is 5.91 Å². The van der Waals surface area contributed by atoms with E-state index in [1.165, 1.54) is 11.8 Å². The largest absolute Gasteiger partial charge is 0.398 e. The standard InChI is InChI=1S/C10H14N2O2S/c1-14-5-6-15-9-7(10(12)13)3-2-4-8(9)11/h2-4H,5-6,11H2,1H3,(H2,12,13). The summed E-state index contributed by atoms with van der Waals surface area (Å²) < 4.78 is 4.93. The SMILES string of the molecule is COCCSc1c(N)cccc1C(N)=O. The molecule has 0 aliphatic carbocycles. The number of amides is 1. The number of methoxy groups -OCH3 is 1. The third-order valence-electron chi connectivity index (χ3n) is 1.84. The van der Waals surface area contributed by atoms with Crippen molar-refractivity contribution in [3.63, 3.8) is 0 Å². The van der Waals surface area contributed by atoms with Crippen molar-refractivity contribution in [2.45, 2.75) is 4.90 Å². The Morgan fingerprint density at radius 1 is 1.53 bits per heavy atom. The number of carbonyl (C=O) groups excluding carboxylic acids is 1. The molecule has 0 heterocycles. The number of ether oxygens (including phenoxy) is 1. The second-order valence-corrected chi connectivity index (χ2v) is 4.03. The Bertz CT molecular complexity index is 355. The van der Waals surface area contributed by atoms with Gasteiger partial charge in [-0.05, 0) is 12.1 Å². The first-order valence-electron chi connectivity index (χ1n) is 4.47. The lowest BCUT2D eigenvalue weighted by Gasteiger charge is -2.08. The quantitative estimate of drug-likeness (QED) is 0.448. The van der Waals surface area contributed by atoms with Gasteiger partial charge in [0, 0.05) is 23.4 Å². The maximum atomic E-state index is 11.1. The molecule has 0 radical (unpaired) electrons. The number of thioether (sulfide) groups is 1. The highest BCUT2D eigenvalue weighted by Gasteiger charge is 2.10. The van der Waals surface area contributed by atoms with Gasteiger partial charge in [-0.3, -0.25) is 4.79 Å². The summed E-state index contributed by atoms with van der Waals surface area (Å²) in [7, 11) is 1.63. The summed E-state index contributed by atoms with van der Waals surface area (Å²) in [6, 6.07) is 5.14. The van der Waals surface area contributed by atoms with Gasteiger partial charge in [0.1, 0.15) is 0 Å². The third kappa shape index (κ3) is 3.14. The number of primary amides is 1. The van der Waals surface area contributed by atoms with Crippen LogP contribution in [0, 0.1) is 0 Å². The molecule has 5 heteroatoms. The monoisotopic (exact) mass is 226 g/mol. The minimum absolute atomic E-state index is 0.456. The maximum absolute atomic E-state index is 11.1. The molecule has 1 amide bonds. The summed E-state index contributed by atoms with van der Waals surface area (Å²) in [5.41, 5.74) is 12.1. The zero-order valence-corrected chi connectivity index (χ0v) is 9.34. The Balaban J connectivity index is 2.87. The van der Waals surface area contributed by atoms with Crippen molar-refractivity contribution >= 4 is 23.4 Å². The van der Waals surface area contributed by atoms with E-state index in [1.807, 2.05) is 0 Å². The Hall–Kier alpha value is -1.20. The molecule has 0 bridgehead atoms. The average molecular weight is 226 g/mol. The van der Waals surface area contributed by atoms with E-state index >= 15 is 0 Å². The number of anilines is 1. The van der Waals surface area contributed by atoms with Crippen molar-refractivity contribution in [3.8, 4) is 0 Å². The summed E-state index contributed by atoms with van der Waals surface area (Å²) in [6.07, 6.45) is 0. The fourth-order valence-electron chi connectivity index (χ4n) is 1.14. The lowest BCUT2D eigenvalue weighted by Crippen LogP contribution is -2.13. The topological polar surface area (TPSA) is 78.3 Å². The van der Waals surface area contributed by atoms with E-state index in [-0.39, 0.29) is 0 Å². The molecule has 0 unspecified atom stereocenters. The molecule has 0 aliphatic heterocycles. The van der Waals surface area contributed by atoms with Crippen molar-refractivity contribution in [3.05, 3.63) is 23.8 Å². The molecule has 1 rings (SSSR count). The van der Waals surface area contributed by atoms with E-state index in [9.17, 15) is 4.79 Å². The fourth-order valence-corrected chi connectivity index (χ4v) is 2.15. The summed E-state index contributed by atoms with van der Waals surface area (Å²) in [5.74, 6) is 0.285. The van der Waals surface area contributed by atoms with Gasteiger partial charge in [-0.2, -0.15) is 0 Å². The molecule has 0 saturated carbocycles. The lowest BCUT2D eigenvalue weighted by atomic mass is 10.2. The van der Waals surface area contributed by atoms with E-state index in [4.69, 9.17) is 16.2 Å². The van der Waals surface area contributed by atoms with Crippen LogP contribution in [0.4, 0.5) is 5.69 Å². The first-order chi connectivity index (χ1) is 7.16. The van der Waals surface area contributed by atoms with Crippen LogP contribution in [0.5, 0.6) is 0 Å². The first-order valence-corrected chi connectivity index (χ1v) is 5.45. The van der Waals surface area contributed by atoms with Gasteiger partial charge in [0.05, 0.1) is 12.2 Å². The van der Waals surface area contributed by atoms with Crippen LogP contribution in [0.2, 0.25) is 0 Å². The van der Waals surface area contributed by atoms with Crippen molar-refractivity contribution in [2.75, 3.05) is 25.2 Å². The number of nitrogens with two attached hydrogens (primary N) is 2. The molecule has 15 heavy (non-hydrogen) atoms. The lowest BCUT2D eigenvalue weighted by molar-refractivity contribution is 0.0997. The maximum Gasteiger partial charge on any atom is 0.249 e. The van der Waals surface area contributed by atoms with Gasteiger partial charge < -0.3 is 16.2 Å². The zero-order chi connectivity index (χ0) is 11.3. The third-order valence-corrected chi connectivity index (χ3v) is 2.96. The van der Waals surface area contributed by atoms with Gasteiger partial charge in [0.15, 0.2) is 0 Å². The predicted octanol–water partition coefficient (Wildman–Crippen LogP) is 1.11. The highest BCUT2D eigenvalue weighted by atomic mass is 32.2. The smallest absolute Gasteiger partial charge is 0.249 e. The molecular formula is C10H14N2O2S. The highest BCUT2D eigenvalue weighted by Crippen LogP contribution is 2.28. The first kappa shape index (κ1) is 11.9. The van der Waals surface area contributed by atoms with Gasteiger partial charge in [0.25, 0.3) is 0 Å². The van der Waals surface area contributed by atoms with Crippen molar-refractivity contribution in [1.29, 1.82) is 0 Å². The van der Waals surface area contributed by atoms with Crippen LogP contribution in [0.1, 0.15) is 10.4 Å². The predicted molar refractivity (Wildman–Crippen MR) is 62.0 cm³/mol. The van der Waals surface area contributed by atoms with Crippen molar-refractivity contribution < 1.29 is 9.53 Å². The number of hydrogen-bond acceptors (Lipinski definition) is 4. The Morgan fingerprint density at radius 2 is 2.27 bits per heavy atom. The molecule has 0 aromatic heterocycles. The molecule has 1 aromatic rings. The number of benzene rings is 1. The summed E-state index contributed by atoms with van der Waals surface area (Å²) in [6.45, 7) is 0.608. The summed E-state index contributed by atoms with van der Waals surface area (Å²) in [4.78, 5) is 11.9. The van der Waals surface area contributed by atoms with Crippen LogP contribution in [-0.4, -0.2) is 25.4 Å². The zero-order valence-electron chi connectivity index (χ0n) is 8.53. The number of carbonyl (C=O) groups is 1. The number of rotatable bonds is 5. The molecule has 82 valence electrons. The van der Waals surface area contributed by atoms with Crippen molar-refractivity contribution in [2.24, 2.45) is 5.73 Å².